The number of nitrogens with one attached hydrogen (secondary N) is 1. The van der Waals surface area contributed by atoms with Crippen molar-refractivity contribution in [3.05, 3.63) is 40.5 Å². The zero-order valence-electron chi connectivity index (χ0n) is 11.0. The molecule has 0 radical (unpaired) electrons. The summed E-state index contributed by atoms with van der Waals surface area (Å²) in [6.07, 6.45) is 3.80. The van der Waals surface area contributed by atoms with Crippen LogP contribution in [0.2, 0.25) is 0 Å². The summed E-state index contributed by atoms with van der Waals surface area (Å²) in [5, 5.41) is 3.24. The van der Waals surface area contributed by atoms with E-state index in [1.54, 1.807) is 13.3 Å². The van der Waals surface area contributed by atoms with Crippen LogP contribution in [0.3, 0.4) is 0 Å². The fraction of sp³-hybridized carbons (Fsp3) is 0.286. The van der Waals surface area contributed by atoms with Gasteiger partial charge in [0.25, 0.3) is 0 Å². The smallest absolute Gasteiger partial charge is 0.232 e. The third kappa shape index (κ3) is 3.44. The van der Waals surface area contributed by atoms with Crippen LogP contribution in [0, 0.1) is 0 Å². The first-order chi connectivity index (χ1) is 9.24. The molecule has 2 rings (SSSR count). The molecule has 1 heterocycles. The van der Waals surface area contributed by atoms with Crippen molar-refractivity contribution in [3.63, 3.8) is 0 Å². The molecule has 0 aliphatic rings. The quantitative estimate of drug-likeness (QED) is 0.906. The van der Waals surface area contributed by atoms with Gasteiger partial charge < -0.3 is 10.1 Å². The van der Waals surface area contributed by atoms with Crippen LogP contribution in [0.1, 0.15) is 18.9 Å². The number of anilines is 2. The minimum absolute atomic E-state index is 0.519. The van der Waals surface area contributed by atoms with Crippen LogP contribution in [0.4, 0.5) is 11.6 Å². The number of benzene rings is 1. The summed E-state index contributed by atoms with van der Waals surface area (Å²) < 4.78 is 5.90. The van der Waals surface area contributed by atoms with Crippen molar-refractivity contribution in [3.8, 4) is 5.88 Å². The minimum atomic E-state index is 0.519. The molecule has 0 spiro atoms. The molecule has 5 heteroatoms. The van der Waals surface area contributed by atoms with Crippen molar-refractivity contribution >= 4 is 27.6 Å². The van der Waals surface area contributed by atoms with Crippen molar-refractivity contribution < 1.29 is 4.74 Å². The maximum atomic E-state index is 5.16. The first kappa shape index (κ1) is 13.8. The highest BCUT2D eigenvalue weighted by Crippen LogP contribution is 2.25. The molecule has 0 saturated heterocycles. The van der Waals surface area contributed by atoms with Crippen LogP contribution in [0.5, 0.6) is 5.88 Å². The van der Waals surface area contributed by atoms with Gasteiger partial charge in [0, 0.05) is 5.69 Å². The molecule has 1 aromatic carbocycles. The Morgan fingerprint density at radius 3 is 2.84 bits per heavy atom. The summed E-state index contributed by atoms with van der Waals surface area (Å²) in [5.74, 6) is 1.05. The largest absolute Gasteiger partial charge is 0.480 e. The molecule has 0 fully saturated rings. The molecule has 1 aromatic heterocycles. The zero-order valence-corrected chi connectivity index (χ0v) is 12.6. The van der Waals surface area contributed by atoms with Crippen LogP contribution in [-0.2, 0) is 6.42 Å². The van der Waals surface area contributed by atoms with E-state index < -0.39 is 0 Å². The van der Waals surface area contributed by atoms with E-state index in [0.29, 0.717) is 11.8 Å². The second kappa shape index (κ2) is 6.52. The first-order valence-corrected chi connectivity index (χ1v) is 6.95. The summed E-state index contributed by atoms with van der Waals surface area (Å²) >= 11 is 3.34. The Morgan fingerprint density at radius 1 is 1.32 bits per heavy atom. The number of ether oxygens (including phenoxy) is 1. The Balaban J connectivity index is 2.26. The third-order valence-corrected chi connectivity index (χ3v) is 3.23. The lowest BCUT2D eigenvalue weighted by Crippen LogP contribution is -2.01. The zero-order chi connectivity index (χ0) is 13.7. The van der Waals surface area contributed by atoms with E-state index in [9.17, 15) is 0 Å². The van der Waals surface area contributed by atoms with E-state index in [4.69, 9.17) is 4.74 Å². The van der Waals surface area contributed by atoms with E-state index in [1.165, 1.54) is 5.56 Å². The molecule has 0 atom stereocenters. The Hall–Kier alpha value is -1.62. The lowest BCUT2D eigenvalue weighted by molar-refractivity contribution is 0.394. The first-order valence-electron chi connectivity index (χ1n) is 6.16. The highest BCUT2D eigenvalue weighted by atomic mass is 79.9. The van der Waals surface area contributed by atoms with Gasteiger partial charge in [-0.15, -0.1) is 0 Å². The molecule has 0 bridgehead atoms. The number of hydrogen-bond donors (Lipinski definition) is 1. The molecule has 100 valence electrons. The Bertz CT molecular complexity index is 560. The van der Waals surface area contributed by atoms with Crippen LogP contribution < -0.4 is 10.1 Å². The predicted molar refractivity (Wildman–Crippen MR) is 80.0 cm³/mol. The molecule has 1 N–H and O–H groups in total. The van der Waals surface area contributed by atoms with E-state index in [1.807, 2.05) is 18.2 Å². The van der Waals surface area contributed by atoms with Gasteiger partial charge in [0.05, 0.1) is 17.8 Å². The molecule has 2 aromatic rings. The van der Waals surface area contributed by atoms with Gasteiger partial charge >= 0.3 is 0 Å². The maximum absolute atomic E-state index is 5.16. The summed E-state index contributed by atoms with van der Waals surface area (Å²) in [4.78, 5) is 8.53. The fourth-order valence-electron chi connectivity index (χ4n) is 1.80. The fourth-order valence-corrected chi connectivity index (χ4v) is 2.16. The number of para-hydroxylation sites is 1. The number of hydrogen-bond acceptors (Lipinski definition) is 4. The molecule has 4 nitrogen and oxygen atoms in total. The van der Waals surface area contributed by atoms with E-state index in [0.717, 1.165) is 23.0 Å². The number of methoxy groups -OCH3 is 1. The van der Waals surface area contributed by atoms with Gasteiger partial charge in [-0.3, -0.25) is 0 Å². The number of aromatic nitrogens is 2. The Morgan fingerprint density at radius 2 is 2.11 bits per heavy atom. The van der Waals surface area contributed by atoms with Gasteiger partial charge in [0.2, 0.25) is 11.8 Å². The van der Waals surface area contributed by atoms with Gasteiger partial charge in [-0.05, 0) is 34.0 Å². The number of halogens is 1. The highest BCUT2D eigenvalue weighted by Gasteiger charge is 2.07. The lowest BCUT2D eigenvalue weighted by atomic mass is 10.1. The standard InChI is InChI=1S/C14H16BrN3O/c1-3-6-10-7-4-5-8-12(10)17-14-16-9-11(15)13(18-14)19-2/h4-5,7-9H,3,6H2,1-2H3,(H,16,17,18). The van der Waals surface area contributed by atoms with Crippen molar-refractivity contribution in [2.75, 3.05) is 12.4 Å². The summed E-state index contributed by atoms with van der Waals surface area (Å²) in [7, 11) is 1.59. The molecule has 0 aliphatic carbocycles. The van der Waals surface area contributed by atoms with Gasteiger partial charge in [-0.2, -0.15) is 4.98 Å². The monoisotopic (exact) mass is 321 g/mol. The van der Waals surface area contributed by atoms with Crippen LogP contribution in [0.15, 0.2) is 34.9 Å². The van der Waals surface area contributed by atoms with Crippen molar-refractivity contribution in [2.24, 2.45) is 0 Å². The number of rotatable bonds is 5. The minimum Gasteiger partial charge on any atom is -0.480 e. The van der Waals surface area contributed by atoms with E-state index >= 15 is 0 Å². The number of aryl methyl sites for hydroxylation is 1. The Kier molecular flexibility index (Phi) is 4.74. The summed E-state index contributed by atoms with van der Waals surface area (Å²) in [6.45, 7) is 2.16. The topological polar surface area (TPSA) is 47.0 Å². The molecular formula is C14H16BrN3O. The molecule has 19 heavy (non-hydrogen) atoms. The summed E-state index contributed by atoms with van der Waals surface area (Å²) in [6, 6.07) is 8.18. The van der Waals surface area contributed by atoms with E-state index in [-0.39, 0.29) is 0 Å². The molecule has 0 amide bonds. The van der Waals surface area contributed by atoms with Gasteiger partial charge in [0.1, 0.15) is 0 Å². The second-order valence-electron chi connectivity index (χ2n) is 4.08. The van der Waals surface area contributed by atoms with Gasteiger partial charge in [-0.1, -0.05) is 31.5 Å². The molecule has 0 aliphatic heterocycles. The Labute approximate surface area is 121 Å². The molecule has 0 saturated carbocycles. The average Bonchev–Trinajstić information content (AvgIpc) is 2.43. The molecular weight excluding hydrogens is 306 g/mol. The second-order valence-corrected chi connectivity index (χ2v) is 4.94. The normalized spacial score (nSPS) is 10.3. The van der Waals surface area contributed by atoms with Gasteiger partial charge in [0.15, 0.2) is 0 Å². The van der Waals surface area contributed by atoms with E-state index in [2.05, 4.69) is 44.2 Å². The van der Waals surface area contributed by atoms with Gasteiger partial charge in [-0.25, -0.2) is 4.98 Å². The van der Waals surface area contributed by atoms with Crippen LogP contribution in [0.25, 0.3) is 0 Å². The third-order valence-electron chi connectivity index (χ3n) is 2.69. The van der Waals surface area contributed by atoms with Crippen LogP contribution >= 0.6 is 15.9 Å². The SMILES string of the molecule is CCCc1ccccc1Nc1ncc(Br)c(OC)n1. The van der Waals surface area contributed by atoms with Crippen molar-refractivity contribution in [1.29, 1.82) is 0 Å². The van der Waals surface area contributed by atoms with Crippen molar-refractivity contribution in [2.45, 2.75) is 19.8 Å². The average molecular weight is 322 g/mol. The predicted octanol–water partition coefficient (Wildman–Crippen LogP) is 3.94. The highest BCUT2D eigenvalue weighted by molar-refractivity contribution is 9.10. The van der Waals surface area contributed by atoms with Crippen LogP contribution in [-0.4, -0.2) is 17.1 Å². The molecule has 0 unspecified atom stereocenters. The maximum Gasteiger partial charge on any atom is 0.232 e. The number of nitrogens with zero attached hydrogens (tertiary/aromatic N) is 2. The lowest BCUT2D eigenvalue weighted by Gasteiger charge is -2.11. The summed E-state index contributed by atoms with van der Waals surface area (Å²) in [5.41, 5.74) is 2.30. The van der Waals surface area contributed by atoms with Crippen molar-refractivity contribution in [1.82, 2.24) is 9.97 Å².